The molecule has 0 aromatic heterocycles. The van der Waals surface area contributed by atoms with E-state index >= 15 is 0 Å². The molecular formula is C27H33N3O2. The van der Waals surface area contributed by atoms with Gasteiger partial charge in [-0.2, -0.15) is 0 Å². The van der Waals surface area contributed by atoms with Gasteiger partial charge < -0.3 is 15.5 Å². The zero-order valence-electron chi connectivity index (χ0n) is 19.1. The molecule has 168 valence electrons. The summed E-state index contributed by atoms with van der Waals surface area (Å²) in [6.45, 7) is 3.87. The average Bonchev–Trinajstić information content (AvgIpc) is 2.81. The Hall–Kier alpha value is -3.18. The Labute approximate surface area is 190 Å². The first-order valence-electron chi connectivity index (χ1n) is 11.3. The topological polar surface area (TPSA) is 66.6 Å². The number of fused-ring (bicyclic) bond motifs is 1. The number of carbonyl (C=O) groups excluding carboxylic acids is 2. The third-order valence-electron chi connectivity index (χ3n) is 5.76. The quantitative estimate of drug-likeness (QED) is 0.460. The number of nitrogens with two attached hydrogens (primary N) is 1. The number of hydrogen-bond acceptors (Lipinski definition) is 4. The van der Waals surface area contributed by atoms with E-state index in [4.69, 9.17) is 5.73 Å². The van der Waals surface area contributed by atoms with Crippen LogP contribution in [0.15, 0.2) is 66.7 Å². The molecule has 0 spiro atoms. The van der Waals surface area contributed by atoms with E-state index in [-0.39, 0.29) is 11.7 Å². The van der Waals surface area contributed by atoms with E-state index in [9.17, 15) is 9.59 Å². The molecule has 0 fully saturated rings. The van der Waals surface area contributed by atoms with Crippen molar-refractivity contribution in [1.29, 1.82) is 0 Å². The summed E-state index contributed by atoms with van der Waals surface area (Å²) in [4.78, 5) is 28.6. The number of aryl methyl sites for hydroxylation is 1. The van der Waals surface area contributed by atoms with Crippen LogP contribution in [0.25, 0.3) is 10.8 Å². The van der Waals surface area contributed by atoms with Gasteiger partial charge in [0.05, 0.1) is 6.54 Å². The summed E-state index contributed by atoms with van der Waals surface area (Å²) in [6, 6.07) is 22.1. The van der Waals surface area contributed by atoms with Crippen LogP contribution in [0.2, 0.25) is 0 Å². The monoisotopic (exact) mass is 431 g/mol. The Morgan fingerprint density at radius 2 is 1.56 bits per heavy atom. The fourth-order valence-corrected chi connectivity index (χ4v) is 3.85. The Bertz CT molecular complexity index is 1050. The standard InChI is InChI=1S/C27H33N3O2/c1-21(31)23-11-12-25-19-26(14-13-24(25)18-23)29(2)20-27(32)30(17-7-15-28)16-6-10-22-8-4-3-5-9-22/h3-5,8-9,11-14,18-19H,6-7,10,15-17,20,28H2,1-2H3. The van der Waals surface area contributed by atoms with Gasteiger partial charge in [0.15, 0.2) is 5.78 Å². The molecule has 3 rings (SSSR count). The van der Waals surface area contributed by atoms with E-state index in [0.717, 1.165) is 42.3 Å². The molecule has 0 aliphatic heterocycles. The molecule has 0 saturated carbocycles. The number of Topliss-reactive ketones (excluding diaryl/α,β-unsaturated/α-hetero) is 1. The molecular weight excluding hydrogens is 398 g/mol. The maximum atomic E-state index is 13.1. The van der Waals surface area contributed by atoms with E-state index in [1.165, 1.54) is 5.56 Å². The van der Waals surface area contributed by atoms with Gasteiger partial charge in [0, 0.05) is 31.4 Å². The van der Waals surface area contributed by atoms with Gasteiger partial charge in [-0.3, -0.25) is 9.59 Å². The minimum Gasteiger partial charge on any atom is -0.365 e. The van der Waals surface area contributed by atoms with E-state index in [2.05, 4.69) is 18.2 Å². The molecule has 1 amide bonds. The van der Waals surface area contributed by atoms with Gasteiger partial charge in [-0.25, -0.2) is 0 Å². The van der Waals surface area contributed by atoms with Gasteiger partial charge >= 0.3 is 0 Å². The molecule has 0 saturated heterocycles. The minimum atomic E-state index is 0.0588. The first-order chi connectivity index (χ1) is 15.5. The number of benzene rings is 3. The van der Waals surface area contributed by atoms with Crippen LogP contribution in [0.3, 0.4) is 0 Å². The van der Waals surface area contributed by atoms with Crippen LogP contribution >= 0.6 is 0 Å². The zero-order chi connectivity index (χ0) is 22.9. The number of carbonyl (C=O) groups is 2. The molecule has 3 aromatic rings. The number of likely N-dealkylation sites (N-methyl/N-ethyl adjacent to an activating group) is 1. The second-order valence-electron chi connectivity index (χ2n) is 8.27. The normalized spacial score (nSPS) is 10.8. The third-order valence-corrected chi connectivity index (χ3v) is 5.76. The van der Waals surface area contributed by atoms with Crippen molar-refractivity contribution < 1.29 is 9.59 Å². The fourth-order valence-electron chi connectivity index (χ4n) is 3.85. The summed E-state index contributed by atoms with van der Waals surface area (Å²) in [7, 11) is 1.94. The highest BCUT2D eigenvalue weighted by molar-refractivity contribution is 5.99. The number of rotatable bonds is 11. The van der Waals surface area contributed by atoms with E-state index in [1.54, 1.807) is 6.92 Å². The molecule has 5 nitrogen and oxygen atoms in total. The SMILES string of the molecule is CC(=O)c1ccc2cc(N(C)CC(=O)N(CCCN)CCCc3ccccc3)ccc2c1. The molecule has 2 N–H and O–H groups in total. The number of amides is 1. The van der Waals surface area contributed by atoms with Crippen LogP contribution in [-0.2, 0) is 11.2 Å². The van der Waals surface area contributed by atoms with E-state index < -0.39 is 0 Å². The zero-order valence-corrected chi connectivity index (χ0v) is 19.1. The predicted octanol–water partition coefficient (Wildman–Crippen LogP) is 4.29. The highest BCUT2D eigenvalue weighted by Gasteiger charge is 2.16. The highest BCUT2D eigenvalue weighted by atomic mass is 16.2. The number of hydrogen-bond donors (Lipinski definition) is 1. The lowest BCUT2D eigenvalue weighted by molar-refractivity contribution is -0.129. The van der Waals surface area contributed by atoms with Gasteiger partial charge in [-0.15, -0.1) is 0 Å². The molecule has 0 atom stereocenters. The Kier molecular flexibility index (Phi) is 8.40. The van der Waals surface area contributed by atoms with Crippen LogP contribution in [0.4, 0.5) is 5.69 Å². The predicted molar refractivity (Wildman–Crippen MR) is 132 cm³/mol. The lowest BCUT2D eigenvalue weighted by atomic mass is 10.0. The molecule has 0 heterocycles. The number of anilines is 1. The van der Waals surface area contributed by atoms with Gasteiger partial charge in [-0.1, -0.05) is 48.5 Å². The smallest absolute Gasteiger partial charge is 0.242 e. The van der Waals surface area contributed by atoms with Crippen molar-refractivity contribution in [2.24, 2.45) is 5.73 Å². The van der Waals surface area contributed by atoms with Gasteiger partial charge in [0.2, 0.25) is 5.91 Å². The first kappa shape index (κ1) is 23.5. The maximum Gasteiger partial charge on any atom is 0.242 e. The van der Waals surface area contributed by atoms with Crippen LogP contribution in [0, 0.1) is 0 Å². The molecule has 32 heavy (non-hydrogen) atoms. The van der Waals surface area contributed by atoms with Gasteiger partial charge in [-0.05, 0) is 67.3 Å². The van der Waals surface area contributed by atoms with Crippen molar-refractivity contribution in [3.05, 3.63) is 77.9 Å². The Morgan fingerprint density at radius 3 is 2.28 bits per heavy atom. The third kappa shape index (κ3) is 6.41. The van der Waals surface area contributed by atoms with Crippen LogP contribution in [0.1, 0.15) is 35.7 Å². The summed E-state index contributed by atoms with van der Waals surface area (Å²) < 4.78 is 0. The number of nitrogens with zero attached hydrogens (tertiary/aromatic N) is 2. The van der Waals surface area contributed by atoms with Gasteiger partial charge in [0.25, 0.3) is 0 Å². The summed E-state index contributed by atoms with van der Waals surface area (Å²) in [5.41, 5.74) is 8.68. The Balaban J connectivity index is 1.63. The Morgan fingerprint density at radius 1 is 0.875 bits per heavy atom. The molecule has 0 unspecified atom stereocenters. The second-order valence-corrected chi connectivity index (χ2v) is 8.27. The summed E-state index contributed by atoms with van der Waals surface area (Å²) in [5, 5.41) is 2.07. The summed E-state index contributed by atoms with van der Waals surface area (Å²) in [5.74, 6) is 0.171. The summed E-state index contributed by atoms with van der Waals surface area (Å²) in [6.07, 6.45) is 2.68. The van der Waals surface area contributed by atoms with Crippen LogP contribution in [-0.4, -0.2) is 49.8 Å². The van der Waals surface area contributed by atoms with Crippen LogP contribution < -0.4 is 10.6 Å². The van der Waals surface area contributed by atoms with Crippen molar-refractivity contribution in [3.63, 3.8) is 0 Å². The largest absolute Gasteiger partial charge is 0.365 e. The van der Waals surface area contributed by atoms with Crippen molar-refractivity contribution in [2.45, 2.75) is 26.2 Å². The molecule has 3 aromatic carbocycles. The second kappa shape index (κ2) is 11.4. The molecule has 0 aliphatic carbocycles. The van der Waals surface area contributed by atoms with E-state index in [1.807, 2.05) is 65.4 Å². The van der Waals surface area contributed by atoms with Crippen molar-refractivity contribution in [2.75, 3.05) is 38.1 Å². The summed E-state index contributed by atoms with van der Waals surface area (Å²) >= 11 is 0. The van der Waals surface area contributed by atoms with Crippen LogP contribution in [0.5, 0.6) is 0 Å². The fraction of sp³-hybridized carbons (Fsp3) is 0.333. The average molecular weight is 432 g/mol. The molecule has 0 aliphatic rings. The molecule has 0 bridgehead atoms. The highest BCUT2D eigenvalue weighted by Crippen LogP contribution is 2.23. The lowest BCUT2D eigenvalue weighted by Crippen LogP contribution is -2.40. The first-order valence-corrected chi connectivity index (χ1v) is 11.3. The molecule has 0 radical (unpaired) electrons. The van der Waals surface area contributed by atoms with Crippen molar-refractivity contribution in [3.8, 4) is 0 Å². The van der Waals surface area contributed by atoms with Crippen molar-refractivity contribution in [1.82, 2.24) is 4.90 Å². The molecule has 5 heteroatoms. The number of ketones is 1. The lowest BCUT2D eigenvalue weighted by Gasteiger charge is -2.27. The minimum absolute atomic E-state index is 0.0588. The maximum absolute atomic E-state index is 13.1. The van der Waals surface area contributed by atoms with E-state index in [0.29, 0.717) is 25.2 Å². The van der Waals surface area contributed by atoms with Gasteiger partial charge in [0.1, 0.15) is 0 Å². The van der Waals surface area contributed by atoms with Crippen molar-refractivity contribution >= 4 is 28.2 Å².